The van der Waals surface area contributed by atoms with Crippen molar-refractivity contribution in [3.63, 3.8) is 0 Å². The fraction of sp³-hybridized carbons (Fsp3) is 0.387. The molecule has 0 amide bonds. The maximum Gasteiger partial charge on any atom is 0.343 e. The smallest absolute Gasteiger partial charge is 0.343 e. The molecule has 1 fully saturated rings. The number of rotatable bonds is 8. The van der Waals surface area contributed by atoms with E-state index in [1.165, 1.54) is 39.5 Å². The number of hydrogen-bond donors (Lipinski definition) is 7. The van der Waals surface area contributed by atoms with E-state index in [4.69, 9.17) is 28.4 Å². The first-order chi connectivity index (χ1) is 21.5. The highest BCUT2D eigenvalue weighted by Crippen LogP contribution is 2.58. The van der Waals surface area contributed by atoms with Gasteiger partial charge in [0, 0.05) is 17.2 Å². The number of nitrogens with one attached hydrogen (secondary N) is 1. The minimum Gasteiger partial charge on any atom is -0.508 e. The number of phenolic OH excluding ortho intramolecular Hbond substituents is 1. The number of phenols is 1. The Kier molecular flexibility index (Phi) is 7.89. The van der Waals surface area contributed by atoms with Crippen molar-refractivity contribution in [2.24, 2.45) is 0 Å². The molecule has 8 atom stereocenters. The summed E-state index contributed by atoms with van der Waals surface area (Å²) in [4.78, 5) is 12.3. The number of fused-ring (bicyclic) bond motifs is 5. The van der Waals surface area contributed by atoms with Crippen molar-refractivity contribution in [2.45, 2.75) is 48.5 Å². The van der Waals surface area contributed by atoms with E-state index in [2.05, 4.69) is 5.32 Å². The number of hydrogen-bond acceptors (Lipinski definition) is 13. The van der Waals surface area contributed by atoms with Crippen molar-refractivity contribution in [1.29, 1.82) is 0 Å². The molecule has 0 unspecified atom stereocenters. The van der Waals surface area contributed by atoms with Gasteiger partial charge in [-0.3, -0.25) is 5.32 Å². The topological polar surface area (TPSA) is 206 Å². The number of aromatic hydroxyl groups is 1. The van der Waals surface area contributed by atoms with E-state index < -0.39 is 48.5 Å². The standard InChI is InChI=1S/C31H33NO13/c1-32-29(37)31(30(38)39)27(36)22(34)23(35)28(45-31)43-15-10-17(13-5-4-6-14(33)9-13)21-20(11-15)42-12-18-16-7-8-19(40-2)26(41-3)25(16)44-24(18)21/h4-11,18,22-24,27-29,32-37H,12H2,1-3H3,(H,38,39)/t18-,22+,23+,24+,27-,28+,29+,31+/m0/s1. The molecular weight excluding hydrogens is 594 g/mol. The summed E-state index contributed by atoms with van der Waals surface area (Å²) in [5, 5.41) is 65.0. The molecule has 3 aliphatic heterocycles. The lowest BCUT2D eigenvalue weighted by Crippen LogP contribution is -2.74. The molecule has 3 aliphatic rings. The second-order valence-corrected chi connectivity index (χ2v) is 10.9. The molecule has 6 rings (SSSR count). The van der Waals surface area contributed by atoms with Crippen molar-refractivity contribution in [2.75, 3.05) is 27.9 Å². The van der Waals surface area contributed by atoms with Gasteiger partial charge in [-0.1, -0.05) is 18.2 Å². The van der Waals surface area contributed by atoms with Crippen LogP contribution < -0.4 is 29.0 Å². The van der Waals surface area contributed by atoms with Crippen molar-refractivity contribution < 1.29 is 63.9 Å². The number of carbonyl (C=O) groups is 1. The Bertz CT molecular complexity index is 1610. The van der Waals surface area contributed by atoms with Gasteiger partial charge in [-0.25, -0.2) is 4.79 Å². The number of methoxy groups -OCH3 is 2. The van der Waals surface area contributed by atoms with Gasteiger partial charge >= 0.3 is 5.97 Å². The summed E-state index contributed by atoms with van der Waals surface area (Å²) in [7, 11) is 4.27. The van der Waals surface area contributed by atoms with Crippen LogP contribution in [0.25, 0.3) is 11.1 Å². The van der Waals surface area contributed by atoms with E-state index in [0.717, 1.165) is 5.56 Å². The lowest BCUT2D eigenvalue weighted by molar-refractivity contribution is -0.327. The van der Waals surface area contributed by atoms with Crippen LogP contribution in [-0.2, 0) is 9.53 Å². The largest absolute Gasteiger partial charge is 0.508 e. The lowest BCUT2D eigenvalue weighted by atomic mass is 9.84. The van der Waals surface area contributed by atoms with Crippen LogP contribution in [0.15, 0.2) is 48.5 Å². The zero-order chi connectivity index (χ0) is 32.2. The first kappa shape index (κ1) is 30.7. The normalized spacial score (nSPS) is 28.9. The van der Waals surface area contributed by atoms with Crippen LogP contribution in [0.3, 0.4) is 0 Å². The van der Waals surface area contributed by atoms with Gasteiger partial charge in [-0.2, -0.15) is 0 Å². The molecule has 7 N–H and O–H groups in total. The zero-order valence-electron chi connectivity index (χ0n) is 24.4. The average Bonchev–Trinajstić information content (AvgIpc) is 3.42. The molecule has 0 spiro atoms. The molecule has 0 bridgehead atoms. The van der Waals surface area contributed by atoms with E-state index in [-0.39, 0.29) is 24.0 Å². The number of carboxylic acids is 1. The molecule has 3 aromatic rings. The van der Waals surface area contributed by atoms with Gasteiger partial charge in [0.1, 0.15) is 47.9 Å². The number of benzene rings is 3. The van der Waals surface area contributed by atoms with Gasteiger partial charge < -0.3 is 59.1 Å². The van der Waals surface area contributed by atoms with E-state index in [9.17, 15) is 35.4 Å². The van der Waals surface area contributed by atoms with Crippen LogP contribution in [0.1, 0.15) is 23.1 Å². The molecule has 1 saturated heterocycles. The molecule has 3 aromatic carbocycles. The van der Waals surface area contributed by atoms with Gasteiger partial charge in [0.15, 0.2) is 11.5 Å². The Morgan fingerprint density at radius 1 is 1.07 bits per heavy atom. The third-order valence-electron chi connectivity index (χ3n) is 8.48. The third kappa shape index (κ3) is 4.77. The van der Waals surface area contributed by atoms with E-state index in [0.29, 0.717) is 39.7 Å². The van der Waals surface area contributed by atoms with Crippen molar-refractivity contribution in [3.8, 4) is 45.6 Å². The highest BCUT2D eigenvalue weighted by molar-refractivity contribution is 5.80. The van der Waals surface area contributed by atoms with Crippen molar-refractivity contribution >= 4 is 5.97 Å². The van der Waals surface area contributed by atoms with E-state index in [1.54, 1.807) is 24.3 Å². The SMILES string of the molecule is CN[C@H](O)[C@]1(C(=O)O)O[C@@H](Oc2cc3c(c(-c4cccc(O)c4)c2)[C@@H]2Oc4c(ccc(OC)c4OC)[C@@H]2CO3)[C@H](O)[C@@H](O)[C@@H]1O. The van der Waals surface area contributed by atoms with Crippen LogP contribution in [0.2, 0.25) is 0 Å². The highest BCUT2D eigenvalue weighted by Gasteiger charge is 2.63. The summed E-state index contributed by atoms with van der Waals surface area (Å²) >= 11 is 0. The Balaban J connectivity index is 1.44. The van der Waals surface area contributed by atoms with Gasteiger partial charge in [0.05, 0.1) is 26.7 Å². The van der Waals surface area contributed by atoms with Gasteiger partial charge in [0.25, 0.3) is 0 Å². The number of aliphatic hydroxyl groups is 4. The molecule has 0 aromatic heterocycles. The minimum atomic E-state index is -2.80. The number of ether oxygens (including phenoxy) is 6. The van der Waals surface area contributed by atoms with Gasteiger partial charge in [0.2, 0.25) is 17.6 Å². The van der Waals surface area contributed by atoms with Crippen molar-refractivity contribution in [3.05, 3.63) is 59.7 Å². The summed E-state index contributed by atoms with van der Waals surface area (Å²) in [6.07, 6.45) is -10.6. The highest BCUT2D eigenvalue weighted by atomic mass is 16.7. The summed E-state index contributed by atoms with van der Waals surface area (Å²) in [6.45, 7) is 0.201. The first-order valence-electron chi connectivity index (χ1n) is 14.0. The molecule has 0 saturated carbocycles. The molecule has 14 heteroatoms. The zero-order valence-corrected chi connectivity index (χ0v) is 24.4. The first-order valence-corrected chi connectivity index (χ1v) is 14.0. The van der Waals surface area contributed by atoms with Crippen LogP contribution in [-0.4, -0.2) is 101 Å². The maximum absolute atomic E-state index is 12.3. The second-order valence-electron chi connectivity index (χ2n) is 10.9. The second kappa shape index (κ2) is 11.6. The molecule has 14 nitrogen and oxygen atoms in total. The Morgan fingerprint density at radius 2 is 1.84 bits per heavy atom. The van der Waals surface area contributed by atoms with Crippen LogP contribution in [0.4, 0.5) is 0 Å². The number of aliphatic carboxylic acids is 1. The molecule has 45 heavy (non-hydrogen) atoms. The Labute approximate surface area is 256 Å². The lowest BCUT2D eigenvalue weighted by Gasteiger charge is -2.47. The predicted molar refractivity (Wildman–Crippen MR) is 154 cm³/mol. The van der Waals surface area contributed by atoms with E-state index >= 15 is 0 Å². The minimum absolute atomic E-state index is 0.0154. The molecule has 0 radical (unpaired) electrons. The number of likely N-dealkylation sites (N-methyl/N-ethyl adjacent to an activating group) is 1. The maximum atomic E-state index is 12.3. The summed E-state index contributed by atoms with van der Waals surface area (Å²) in [5.41, 5.74) is -0.265. The van der Waals surface area contributed by atoms with E-state index in [1.807, 2.05) is 6.07 Å². The van der Waals surface area contributed by atoms with Crippen molar-refractivity contribution in [1.82, 2.24) is 5.32 Å². The Hall–Kier alpha value is -4.31. The fourth-order valence-electron chi connectivity index (χ4n) is 6.21. The molecule has 3 heterocycles. The predicted octanol–water partition coefficient (Wildman–Crippen LogP) is 0.865. The van der Waals surface area contributed by atoms with Gasteiger partial charge in [-0.05, 0) is 42.4 Å². The molecule has 0 aliphatic carbocycles. The third-order valence-corrected chi connectivity index (χ3v) is 8.48. The summed E-state index contributed by atoms with van der Waals surface area (Å²) < 4.78 is 35.2. The average molecular weight is 628 g/mol. The fourth-order valence-corrected chi connectivity index (χ4v) is 6.21. The number of carboxylic acid groups (broad SMARTS) is 1. The monoisotopic (exact) mass is 627 g/mol. The van der Waals surface area contributed by atoms with Crippen LogP contribution in [0, 0.1) is 0 Å². The summed E-state index contributed by atoms with van der Waals surface area (Å²) in [5.74, 6) is -0.284. The molecular formula is C31H33NO13. The summed E-state index contributed by atoms with van der Waals surface area (Å²) in [6, 6.07) is 13.2. The van der Waals surface area contributed by atoms with Crippen LogP contribution >= 0.6 is 0 Å². The Morgan fingerprint density at radius 3 is 2.51 bits per heavy atom. The van der Waals surface area contributed by atoms with Gasteiger partial charge in [-0.15, -0.1) is 0 Å². The van der Waals surface area contributed by atoms with Crippen LogP contribution in [0.5, 0.6) is 34.5 Å². The number of aliphatic hydroxyl groups excluding tert-OH is 4. The molecule has 240 valence electrons. The quantitative estimate of drug-likeness (QED) is 0.173.